The van der Waals surface area contributed by atoms with E-state index in [9.17, 15) is 9.59 Å². The number of aryl methyl sites for hydroxylation is 1. The second-order valence-corrected chi connectivity index (χ2v) is 9.98. The van der Waals surface area contributed by atoms with E-state index in [1.165, 1.54) is 22.9 Å². The van der Waals surface area contributed by atoms with Crippen LogP contribution in [0.1, 0.15) is 50.3 Å². The molecule has 34 heavy (non-hydrogen) atoms. The number of carbonyl (C=O) groups is 1. The molecule has 3 aromatic rings. The molecule has 2 aromatic carbocycles. The van der Waals surface area contributed by atoms with E-state index in [0.29, 0.717) is 35.6 Å². The zero-order chi connectivity index (χ0) is 24.1. The minimum atomic E-state index is -0.0698. The fourth-order valence-electron chi connectivity index (χ4n) is 4.53. The highest BCUT2D eigenvalue weighted by molar-refractivity contribution is 7.99. The van der Waals surface area contributed by atoms with E-state index >= 15 is 0 Å². The molecule has 6 nitrogen and oxygen atoms in total. The fraction of sp³-hybridized carbons (Fsp3) is 0.444. The standard InChI is InChI=1S/C27H33N3O3S/c1-19(2)33-17-9-16-30-26(32)22-13-6-7-14-23(22)28-27(30)34-18-25(31)29(3)24-15-8-11-20-10-4-5-12-21(20)24/h4-7,10,12-14,19,24H,8-9,11,15-18H2,1-3H3. The minimum absolute atomic E-state index is 0.0452. The van der Waals surface area contributed by atoms with Gasteiger partial charge in [-0.1, -0.05) is 48.2 Å². The van der Waals surface area contributed by atoms with Crippen molar-refractivity contribution in [2.75, 3.05) is 19.4 Å². The summed E-state index contributed by atoms with van der Waals surface area (Å²) in [5, 5.41) is 1.18. The molecule has 0 saturated heterocycles. The molecule has 1 amide bonds. The van der Waals surface area contributed by atoms with Crippen LogP contribution in [-0.2, 0) is 22.5 Å². The Balaban J connectivity index is 1.51. The van der Waals surface area contributed by atoms with Crippen molar-refractivity contribution in [3.05, 3.63) is 70.0 Å². The van der Waals surface area contributed by atoms with Crippen LogP contribution in [0.3, 0.4) is 0 Å². The molecule has 0 spiro atoms. The Hall–Kier alpha value is -2.64. The van der Waals surface area contributed by atoms with Crippen molar-refractivity contribution in [3.8, 4) is 0 Å². The number of aromatic nitrogens is 2. The van der Waals surface area contributed by atoms with Crippen LogP contribution < -0.4 is 5.56 Å². The molecule has 0 radical (unpaired) electrons. The highest BCUT2D eigenvalue weighted by atomic mass is 32.2. The topological polar surface area (TPSA) is 64.4 Å². The molecule has 0 bridgehead atoms. The predicted octanol–water partition coefficient (Wildman–Crippen LogP) is 4.84. The Bertz CT molecular complexity index is 1210. The molecule has 180 valence electrons. The Morgan fingerprint density at radius 3 is 2.79 bits per heavy atom. The lowest BCUT2D eigenvalue weighted by molar-refractivity contribution is -0.129. The molecular formula is C27H33N3O3S. The van der Waals surface area contributed by atoms with Gasteiger partial charge < -0.3 is 9.64 Å². The number of ether oxygens (including phenoxy) is 1. The largest absolute Gasteiger partial charge is 0.379 e. The van der Waals surface area contributed by atoms with Crippen LogP contribution in [0, 0.1) is 0 Å². The van der Waals surface area contributed by atoms with Gasteiger partial charge in [-0.15, -0.1) is 0 Å². The van der Waals surface area contributed by atoms with Gasteiger partial charge >= 0.3 is 0 Å². The second-order valence-electron chi connectivity index (χ2n) is 9.04. The van der Waals surface area contributed by atoms with Crippen LogP contribution in [0.5, 0.6) is 0 Å². The molecule has 4 rings (SSSR count). The van der Waals surface area contributed by atoms with Crippen LogP contribution in [0.4, 0.5) is 0 Å². The quantitative estimate of drug-likeness (QED) is 0.250. The summed E-state index contributed by atoms with van der Waals surface area (Å²) in [7, 11) is 1.89. The van der Waals surface area contributed by atoms with E-state index < -0.39 is 0 Å². The van der Waals surface area contributed by atoms with E-state index in [4.69, 9.17) is 9.72 Å². The number of hydrogen-bond donors (Lipinski definition) is 0. The first kappa shape index (κ1) is 24.5. The number of rotatable bonds is 9. The number of nitrogens with zero attached hydrogens (tertiary/aromatic N) is 3. The maximum atomic E-state index is 13.2. The van der Waals surface area contributed by atoms with Crippen LogP contribution in [0.2, 0.25) is 0 Å². The lowest BCUT2D eigenvalue weighted by Crippen LogP contribution is -2.34. The summed E-state index contributed by atoms with van der Waals surface area (Å²) in [5.74, 6) is 0.284. The molecule has 0 N–H and O–H groups in total. The second kappa shape index (κ2) is 11.2. The van der Waals surface area contributed by atoms with Crippen LogP contribution in [0.25, 0.3) is 10.9 Å². The lowest BCUT2D eigenvalue weighted by Gasteiger charge is -2.33. The zero-order valence-corrected chi connectivity index (χ0v) is 21.0. The number of fused-ring (bicyclic) bond motifs is 2. The van der Waals surface area contributed by atoms with E-state index in [2.05, 4.69) is 18.2 Å². The van der Waals surface area contributed by atoms with Crippen molar-refractivity contribution in [3.63, 3.8) is 0 Å². The van der Waals surface area contributed by atoms with Crippen molar-refractivity contribution < 1.29 is 9.53 Å². The van der Waals surface area contributed by atoms with Gasteiger partial charge in [-0.3, -0.25) is 14.2 Å². The number of hydrogen-bond acceptors (Lipinski definition) is 5. The third-order valence-electron chi connectivity index (χ3n) is 6.33. The van der Waals surface area contributed by atoms with Crippen molar-refractivity contribution >= 4 is 28.6 Å². The number of para-hydroxylation sites is 1. The molecule has 0 aliphatic heterocycles. The number of carbonyl (C=O) groups excluding carboxylic acids is 1. The zero-order valence-electron chi connectivity index (χ0n) is 20.2. The van der Waals surface area contributed by atoms with Crippen molar-refractivity contribution in [2.45, 2.75) is 63.4 Å². The Morgan fingerprint density at radius 2 is 1.97 bits per heavy atom. The first-order valence-electron chi connectivity index (χ1n) is 12.0. The van der Waals surface area contributed by atoms with Crippen molar-refractivity contribution in [2.24, 2.45) is 0 Å². The summed E-state index contributed by atoms with van der Waals surface area (Å²) in [6.45, 7) is 5.07. The first-order valence-corrected chi connectivity index (χ1v) is 13.0. The smallest absolute Gasteiger partial charge is 0.262 e. The molecule has 1 atom stereocenters. The molecular weight excluding hydrogens is 446 g/mol. The number of amides is 1. The Morgan fingerprint density at radius 1 is 1.21 bits per heavy atom. The van der Waals surface area contributed by atoms with Crippen LogP contribution >= 0.6 is 11.8 Å². The summed E-state index contributed by atoms with van der Waals surface area (Å²) in [6, 6.07) is 15.9. The van der Waals surface area contributed by atoms with E-state index in [1.807, 2.05) is 50.1 Å². The van der Waals surface area contributed by atoms with Gasteiger partial charge in [0.1, 0.15) is 0 Å². The van der Waals surface area contributed by atoms with Gasteiger partial charge in [0.05, 0.1) is 28.8 Å². The molecule has 0 saturated carbocycles. The summed E-state index contributed by atoms with van der Waals surface area (Å²) in [5.41, 5.74) is 3.17. The van der Waals surface area contributed by atoms with E-state index in [-0.39, 0.29) is 29.4 Å². The summed E-state index contributed by atoms with van der Waals surface area (Å²) in [4.78, 5) is 33.0. The van der Waals surface area contributed by atoms with E-state index in [1.54, 1.807) is 10.6 Å². The third-order valence-corrected chi connectivity index (χ3v) is 7.29. The molecule has 1 aliphatic carbocycles. The molecule has 0 fully saturated rings. The molecule has 1 aliphatic rings. The van der Waals surface area contributed by atoms with Crippen molar-refractivity contribution in [1.82, 2.24) is 14.5 Å². The lowest BCUT2D eigenvalue weighted by atomic mass is 9.87. The van der Waals surface area contributed by atoms with Crippen molar-refractivity contribution in [1.29, 1.82) is 0 Å². The average molecular weight is 480 g/mol. The van der Waals surface area contributed by atoms with Gasteiger partial charge in [-0.25, -0.2) is 4.98 Å². The average Bonchev–Trinajstić information content (AvgIpc) is 2.85. The maximum absolute atomic E-state index is 13.2. The van der Waals surface area contributed by atoms with Crippen LogP contribution in [-0.4, -0.2) is 45.9 Å². The Labute approximate surface area is 205 Å². The summed E-state index contributed by atoms with van der Waals surface area (Å²) in [6.07, 6.45) is 3.98. The van der Waals surface area contributed by atoms with Gasteiger partial charge in [-0.05, 0) is 62.8 Å². The van der Waals surface area contributed by atoms with Gasteiger partial charge in [0.2, 0.25) is 5.91 Å². The van der Waals surface area contributed by atoms with Crippen LogP contribution in [0.15, 0.2) is 58.5 Å². The SMILES string of the molecule is CC(C)OCCCn1c(SCC(=O)N(C)C2CCCc3ccccc32)nc2ccccc2c1=O. The fourth-order valence-corrected chi connectivity index (χ4v) is 5.48. The molecule has 1 unspecified atom stereocenters. The monoisotopic (exact) mass is 479 g/mol. The Kier molecular flexibility index (Phi) is 8.06. The maximum Gasteiger partial charge on any atom is 0.262 e. The third kappa shape index (κ3) is 5.53. The molecule has 1 aromatic heterocycles. The predicted molar refractivity (Wildman–Crippen MR) is 137 cm³/mol. The minimum Gasteiger partial charge on any atom is -0.379 e. The normalized spacial score (nSPS) is 15.5. The summed E-state index contributed by atoms with van der Waals surface area (Å²) < 4.78 is 7.35. The van der Waals surface area contributed by atoms with Gasteiger partial charge in [0, 0.05) is 20.2 Å². The van der Waals surface area contributed by atoms with Gasteiger partial charge in [-0.2, -0.15) is 0 Å². The first-order chi connectivity index (χ1) is 16.5. The van der Waals surface area contributed by atoms with Gasteiger partial charge in [0.15, 0.2) is 5.16 Å². The molecule has 7 heteroatoms. The number of thioether (sulfide) groups is 1. The highest BCUT2D eigenvalue weighted by Crippen LogP contribution is 2.34. The molecule has 1 heterocycles. The van der Waals surface area contributed by atoms with E-state index in [0.717, 1.165) is 19.3 Å². The summed E-state index contributed by atoms with van der Waals surface area (Å²) >= 11 is 1.34. The highest BCUT2D eigenvalue weighted by Gasteiger charge is 2.26. The van der Waals surface area contributed by atoms with Gasteiger partial charge in [0.25, 0.3) is 5.56 Å². The number of benzene rings is 2.